The third kappa shape index (κ3) is 4.48. The monoisotopic (exact) mass is 321 g/mol. The van der Waals surface area contributed by atoms with Gasteiger partial charge in [-0.25, -0.2) is 4.39 Å². The zero-order valence-corrected chi connectivity index (χ0v) is 12.6. The lowest BCUT2D eigenvalue weighted by Crippen LogP contribution is -2.29. The van der Waals surface area contributed by atoms with Gasteiger partial charge in [-0.05, 0) is 31.5 Å². The third-order valence-electron chi connectivity index (χ3n) is 2.71. The molecule has 0 aliphatic rings. The SMILES string of the molecule is CC(NCC(C)S(C)=O)c1ccc(F)cc1Br. The number of benzene rings is 1. The molecule has 3 unspecified atom stereocenters. The topological polar surface area (TPSA) is 29.1 Å². The van der Waals surface area contributed by atoms with E-state index in [0.29, 0.717) is 6.54 Å². The molecule has 0 fully saturated rings. The number of rotatable bonds is 5. The van der Waals surface area contributed by atoms with E-state index in [1.807, 2.05) is 13.8 Å². The molecule has 0 aliphatic carbocycles. The molecule has 2 nitrogen and oxygen atoms in total. The fourth-order valence-corrected chi connectivity index (χ4v) is 2.45. The lowest BCUT2D eigenvalue weighted by Gasteiger charge is -2.18. The Morgan fingerprint density at radius 3 is 2.65 bits per heavy atom. The molecule has 0 aromatic heterocycles. The predicted octanol–water partition coefficient (Wildman–Crippen LogP) is 3.01. The second-order valence-electron chi connectivity index (χ2n) is 4.10. The highest BCUT2D eigenvalue weighted by molar-refractivity contribution is 9.10. The van der Waals surface area contributed by atoms with Crippen molar-refractivity contribution in [3.63, 3.8) is 0 Å². The maximum absolute atomic E-state index is 12.9. The zero-order chi connectivity index (χ0) is 13.0. The second-order valence-corrected chi connectivity index (χ2v) is 6.76. The van der Waals surface area contributed by atoms with Crippen molar-refractivity contribution in [2.24, 2.45) is 0 Å². The van der Waals surface area contributed by atoms with Crippen LogP contribution in [0.1, 0.15) is 25.5 Å². The highest BCUT2D eigenvalue weighted by Crippen LogP contribution is 2.24. The number of hydrogen-bond donors (Lipinski definition) is 1. The van der Waals surface area contributed by atoms with Crippen molar-refractivity contribution in [3.8, 4) is 0 Å². The minimum absolute atomic E-state index is 0.0935. The summed E-state index contributed by atoms with van der Waals surface area (Å²) in [6.45, 7) is 4.62. The van der Waals surface area contributed by atoms with Gasteiger partial charge in [0.2, 0.25) is 0 Å². The maximum atomic E-state index is 12.9. The summed E-state index contributed by atoms with van der Waals surface area (Å²) in [5, 5.41) is 3.40. The lowest BCUT2D eigenvalue weighted by molar-refractivity contribution is 0.564. The zero-order valence-electron chi connectivity index (χ0n) is 10.2. The summed E-state index contributed by atoms with van der Waals surface area (Å²) in [5.41, 5.74) is 1.00. The van der Waals surface area contributed by atoms with Crippen LogP contribution in [0.4, 0.5) is 4.39 Å². The molecule has 96 valence electrons. The van der Waals surface area contributed by atoms with Gasteiger partial charge in [0.25, 0.3) is 0 Å². The van der Waals surface area contributed by atoms with Gasteiger partial charge < -0.3 is 5.32 Å². The predicted molar refractivity (Wildman–Crippen MR) is 74.0 cm³/mol. The van der Waals surface area contributed by atoms with Crippen molar-refractivity contribution < 1.29 is 8.60 Å². The van der Waals surface area contributed by atoms with Gasteiger partial charge in [-0.1, -0.05) is 22.0 Å². The van der Waals surface area contributed by atoms with Crippen LogP contribution in [0.15, 0.2) is 22.7 Å². The van der Waals surface area contributed by atoms with E-state index in [1.54, 1.807) is 12.3 Å². The van der Waals surface area contributed by atoms with Crippen LogP contribution in [0.2, 0.25) is 0 Å². The Hall–Kier alpha value is -0.260. The molecule has 0 saturated carbocycles. The average molecular weight is 322 g/mol. The van der Waals surface area contributed by atoms with Crippen LogP contribution < -0.4 is 5.32 Å². The quantitative estimate of drug-likeness (QED) is 0.903. The van der Waals surface area contributed by atoms with Gasteiger partial charge in [0.05, 0.1) is 0 Å². The fraction of sp³-hybridized carbons (Fsp3) is 0.500. The van der Waals surface area contributed by atoms with E-state index >= 15 is 0 Å². The molecule has 0 heterocycles. The van der Waals surface area contributed by atoms with Crippen molar-refractivity contribution in [2.75, 3.05) is 12.8 Å². The van der Waals surface area contributed by atoms with Gasteiger partial charge in [0.15, 0.2) is 0 Å². The van der Waals surface area contributed by atoms with Crippen LogP contribution in [0.5, 0.6) is 0 Å². The average Bonchev–Trinajstić information content (AvgIpc) is 2.25. The van der Waals surface area contributed by atoms with E-state index in [2.05, 4.69) is 21.2 Å². The molecule has 0 bridgehead atoms. The van der Waals surface area contributed by atoms with E-state index < -0.39 is 10.8 Å². The van der Waals surface area contributed by atoms with Crippen molar-refractivity contribution in [3.05, 3.63) is 34.1 Å². The lowest BCUT2D eigenvalue weighted by atomic mass is 10.1. The molecule has 0 saturated heterocycles. The molecule has 1 aromatic rings. The van der Waals surface area contributed by atoms with Gasteiger partial charge in [-0.3, -0.25) is 4.21 Å². The Morgan fingerprint density at radius 1 is 1.47 bits per heavy atom. The maximum Gasteiger partial charge on any atom is 0.124 e. The Bertz CT molecular complexity index is 413. The molecular formula is C12H17BrFNOS. The van der Waals surface area contributed by atoms with Crippen LogP contribution in [0.3, 0.4) is 0 Å². The summed E-state index contributed by atoms with van der Waals surface area (Å²) in [7, 11) is -0.826. The number of nitrogens with one attached hydrogen (secondary N) is 1. The summed E-state index contributed by atoms with van der Waals surface area (Å²) in [5.74, 6) is -0.254. The van der Waals surface area contributed by atoms with E-state index in [-0.39, 0.29) is 17.1 Å². The summed E-state index contributed by atoms with van der Waals surface area (Å²) in [6, 6.07) is 4.75. The number of hydrogen-bond acceptors (Lipinski definition) is 2. The van der Waals surface area contributed by atoms with Gasteiger partial charge in [-0.15, -0.1) is 0 Å². The van der Waals surface area contributed by atoms with E-state index in [4.69, 9.17) is 0 Å². The molecular weight excluding hydrogens is 305 g/mol. The first kappa shape index (κ1) is 14.8. The summed E-state index contributed by atoms with van der Waals surface area (Å²) < 4.78 is 24.9. The van der Waals surface area contributed by atoms with E-state index in [1.165, 1.54) is 12.1 Å². The van der Waals surface area contributed by atoms with Crippen molar-refractivity contribution >= 4 is 26.7 Å². The molecule has 1 rings (SSSR count). The Balaban J connectivity index is 2.64. The van der Waals surface area contributed by atoms with Gasteiger partial charge in [0.1, 0.15) is 5.82 Å². The fourth-order valence-electron chi connectivity index (χ4n) is 1.42. The van der Waals surface area contributed by atoms with Crippen LogP contribution >= 0.6 is 15.9 Å². The van der Waals surface area contributed by atoms with Crippen LogP contribution in [-0.2, 0) is 10.8 Å². The normalized spacial score (nSPS) is 16.5. The minimum Gasteiger partial charge on any atom is -0.309 e. The first-order valence-corrected chi connectivity index (χ1v) is 7.83. The molecule has 5 heteroatoms. The Labute approximate surface area is 113 Å². The minimum atomic E-state index is -0.826. The molecule has 1 N–H and O–H groups in total. The first-order chi connectivity index (χ1) is 7.91. The van der Waals surface area contributed by atoms with Crippen LogP contribution in [0, 0.1) is 5.82 Å². The standard InChI is InChI=1S/C12H17BrFNOS/c1-8(17(3)16)7-15-9(2)11-5-4-10(14)6-12(11)13/h4-6,8-9,15H,7H2,1-3H3. The van der Waals surface area contributed by atoms with Gasteiger partial charge in [-0.2, -0.15) is 0 Å². The Kier molecular flexibility index (Phi) is 5.76. The Morgan fingerprint density at radius 2 is 2.12 bits per heavy atom. The van der Waals surface area contributed by atoms with Crippen LogP contribution in [-0.4, -0.2) is 22.3 Å². The molecule has 0 radical (unpaired) electrons. The van der Waals surface area contributed by atoms with Crippen molar-refractivity contribution in [2.45, 2.75) is 25.1 Å². The summed E-state index contributed by atoms with van der Waals surface area (Å²) in [6.07, 6.45) is 1.70. The molecule has 3 atom stereocenters. The largest absolute Gasteiger partial charge is 0.309 e. The van der Waals surface area contributed by atoms with Crippen molar-refractivity contribution in [1.29, 1.82) is 0 Å². The molecule has 0 spiro atoms. The third-order valence-corrected chi connectivity index (χ3v) is 4.69. The highest BCUT2D eigenvalue weighted by Gasteiger charge is 2.12. The molecule has 0 aliphatic heterocycles. The molecule has 1 aromatic carbocycles. The molecule has 17 heavy (non-hydrogen) atoms. The molecule has 0 amide bonds. The number of halogens is 2. The highest BCUT2D eigenvalue weighted by atomic mass is 79.9. The van der Waals surface area contributed by atoms with E-state index in [0.717, 1.165) is 10.0 Å². The summed E-state index contributed by atoms with van der Waals surface area (Å²) in [4.78, 5) is 0. The van der Waals surface area contributed by atoms with Crippen molar-refractivity contribution in [1.82, 2.24) is 5.32 Å². The first-order valence-electron chi connectivity index (χ1n) is 5.42. The van der Waals surface area contributed by atoms with Crippen LogP contribution in [0.25, 0.3) is 0 Å². The smallest absolute Gasteiger partial charge is 0.124 e. The summed E-state index contributed by atoms with van der Waals surface area (Å²) >= 11 is 3.34. The van der Waals surface area contributed by atoms with E-state index in [9.17, 15) is 8.60 Å². The second kappa shape index (κ2) is 6.61. The van der Waals surface area contributed by atoms with Gasteiger partial charge in [0, 0.05) is 39.4 Å². The van der Waals surface area contributed by atoms with Gasteiger partial charge >= 0.3 is 0 Å².